The van der Waals surface area contributed by atoms with Crippen molar-refractivity contribution in [3.8, 4) is 11.5 Å². The van der Waals surface area contributed by atoms with E-state index in [-0.39, 0.29) is 5.54 Å². The van der Waals surface area contributed by atoms with E-state index in [1.54, 1.807) is 7.11 Å². The molecule has 1 aromatic rings. The molecule has 0 bridgehead atoms. The highest BCUT2D eigenvalue weighted by Crippen LogP contribution is 2.36. The van der Waals surface area contributed by atoms with Crippen LogP contribution >= 0.6 is 11.6 Å². The molecule has 21 heavy (non-hydrogen) atoms. The van der Waals surface area contributed by atoms with E-state index in [4.69, 9.17) is 21.1 Å². The van der Waals surface area contributed by atoms with Gasteiger partial charge in [0.05, 0.1) is 18.7 Å². The van der Waals surface area contributed by atoms with Crippen LogP contribution in [-0.4, -0.2) is 19.3 Å². The number of ether oxygens (including phenoxy) is 2. The van der Waals surface area contributed by atoms with Gasteiger partial charge in [-0.1, -0.05) is 31.4 Å². The zero-order valence-corrected chi connectivity index (χ0v) is 14.6. The molecule has 0 aromatic heterocycles. The zero-order chi connectivity index (χ0) is 15.9. The number of nitrogens with one attached hydrogen (secondary N) is 1. The molecule has 0 aliphatic heterocycles. The molecule has 0 radical (unpaired) electrons. The van der Waals surface area contributed by atoms with Gasteiger partial charge in [-0.3, -0.25) is 0 Å². The Morgan fingerprint density at radius 1 is 1.19 bits per heavy atom. The topological polar surface area (TPSA) is 30.5 Å². The van der Waals surface area contributed by atoms with Gasteiger partial charge in [0, 0.05) is 12.1 Å². The van der Waals surface area contributed by atoms with Crippen LogP contribution in [-0.2, 0) is 6.54 Å². The number of halogens is 1. The molecule has 0 heterocycles. The number of methoxy groups -OCH3 is 1. The Kier molecular flexibility index (Phi) is 7.33. The summed E-state index contributed by atoms with van der Waals surface area (Å²) in [7, 11) is 1.64. The van der Waals surface area contributed by atoms with Crippen LogP contribution in [0.15, 0.2) is 12.1 Å². The lowest BCUT2D eigenvalue weighted by Crippen LogP contribution is -2.35. The second-order valence-electron chi connectivity index (χ2n) is 6.27. The molecule has 0 saturated heterocycles. The molecule has 3 nitrogen and oxygen atoms in total. The minimum absolute atomic E-state index is 0.0645. The fraction of sp³-hybridized carbons (Fsp3) is 0.647. The molecule has 1 rings (SSSR count). The Bertz CT molecular complexity index is 441. The summed E-state index contributed by atoms with van der Waals surface area (Å²) in [6.07, 6.45) is 3.36. The maximum Gasteiger partial charge on any atom is 0.179 e. The van der Waals surface area contributed by atoms with E-state index in [1.165, 1.54) is 6.42 Å². The van der Waals surface area contributed by atoms with Gasteiger partial charge in [-0.25, -0.2) is 0 Å². The Morgan fingerprint density at radius 2 is 1.90 bits per heavy atom. The Hall–Kier alpha value is -0.930. The third kappa shape index (κ3) is 6.58. The molecule has 0 fully saturated rings. The van der Waals surface area contributed by atoms with E-state index in [0.717, 1.165) is 24.9 Å². The molecule has 1 N–H and O–H groups in total. The van der Waals surface area contributed by atoms with Crippen LogP contribution in [0.3, 0.4) is 0 Å². The quantitative estimate of drug-likeness (QED) is 0.699. The Labute approximate surface area is 134 Å². The molecule has 0 saturated carbocycles. The molecule has 0 amide bonds. The summed E-state index contributed by atoms with van der Waals surface area (Å²) in [5.41, 5.74) is 1.15. The van der Waals surface area contributed by atoms with Gasteiger partial charge in [0.15, 0.2) is 11.5 Å². The highest BCUT2D eigenvalue weighted by atomic mass is 35.5. The maximum atomic E-state index is 6.34. The van der Waals surface area contributed by atoms with E-state index in [1.807, 2.05) is 12.1 Å². The summed E-state index contributed by atoms with van der Waals surface area (Å²) >= 11 is 6.34. The molecule has 120 valence electrons. The van der Waals surface area contributed by atoms with Gasteiger partial charge < -0.3 is 14.8 Å². The number of hydrogen-bond donors (Lipinski definition) is 1. The predicted molar refractivity (Wildman–Crippen MR) is 89.6 cm³/mol. The normalized spacial score (nSPS) is 11.5. The average molecular weight is 314 g/mol. The summed E-state index contributed by atoms with van der Waals surface area (Å²) in [4.78, 5) is 0. The van der Waals surface area contributed by atoms with Crippen molar-refractivity contribution in [2.75, 3.05) is 13.7 Å². The Balaban J connectivity index is 2.77. The lowest BCUT2D eigenvalue weighted by molar-refractivity contribution is 0.286. The lowest BCUT2D eigenvalue weighted by Gasteiger charge is -2.21. The summed E-state index contributed by atoms with van der Waals surface area (Å²) in [6.45, 7) is 9.99. The first kappa shape index (κ1) is 18.1. The van der Waals surface area contributed by atoms with Crippen molar-refractivity contribution in [3.05, 3.63) is 22.7 Å². The van der Waals surface area contributed by atoms with Crippen LogP contribution in [0.25, 0.3) is 0 Å². The first-order valence-electron chi connectivity index (χ1n) is 7.61. The van der Waals surface area contributed by atoms with E-state index < -0.39 is 0 Å². The summed E-state index contributed by atoms with van der Waals surface area (Å²) in [5, 5.41) is 4.05. The highest BCUT2D eigenvalue weighted by Gasteiger charge is 2.14. The first-order chi connectivity index (χ1) is 9.87. The van der Waals surface area contributed by atoms with Crippen molar-refractivity contribution < 1.29 is 9.47 Å². The fourth-order valence-electron chi connectivity index (χ4n) is 1.91. The molecule has 4 heteroatoms. The van der Waals surface area contributed by atoms with Crippen LogP contribution in [0.5, 0.6) is 11.5 Å². The largest absolute Gasteiger partial charge is 0.493 e. The summed E-state index contributed by atoms with van der Waals surface area (Å²) in [6, 6.07) is 3.93. The molecule has 0 unspecified atom stereocenters. The zero-order valence-electron chi connectivity index (χ0n) is 13.9. The smallest absolute Gasteiger partial charge is 0.179 e. The monoisotopic (exact) mass is 313 g/mol. The van der Waals surface area contributed by atoms with Crippen LogP contribution in [0.4, 0.5) is 0 Å². The van der Waals surface area contributed by atoms with Gasteiger partial charge in [0.1, 0.15) is 0 Å². The van der Waals surface area contributed by atoms with Crippen molar-refractivity contribution in [3.63, 3.8) is 0 Å². The molecule has 0 spiro atoms. The SMILES string of the molecule is CCCCCOc1c(Cl)cc(CNC(C)(C)C)cc1OC. The van der Waals surface area contributed by atoms with Crippen molar-refractivity contribution in [2.24, 2.45) is 0 Å². The van der Waals surface area contributed by atoms with Crippen molar-refractivity contribution >= 4 is 11.6 Å². The Morgan fingerprint density at radius 3 is 2.48 bits per heavy atom. The van der Waals surface area contributed by atoms with Crippen LogP contribution < -0.4 is 14.8 Å². The maximum absolute atomic E-state index is 6.34. The van der Waals surface area contributed by atoms with Crippen LogP contribution in [0.2, 0.25) is 5.02 Å². The third-order valence-electron chi connectivity index (χ3n) is 3.11. The third-order valence-corrected chi connectivity index (χ3v) is 3.39. The van der Waals surface area contributed by atoms with Crippen LogP contribution in [0, 0.1) is 0 Å². The molecule has 0 aliphatic rings. The number of rotatable bonds is 8. The standard InChI is InChI=1S/C17H28ClNO2/c1-6-7-8-9-21-16-14(18)10-13(11-15(16)20-5)12-19-17(2,3)4/h10-11,19H,6-9,12H2,1-5H3. The van der Waals surface area contributed by atoms with Gasteiger partial charge >= 0.3 is 0 Å². The molecule has 0 atom stereocenters. The van der Waals surface area contributed by atoms with Crippen molar-refractivity contribution in [2.45, 2.75) is 59.0 Å². The minimum atomic E-state index is 0.0645. The van der Waals surface area contributed by atoms with Gasteiger partial charge in [-0.2, -0.15) is 0 Å². The van der Waals surface area contributed by atoms with E-state index >= 15 is 0 Å². The van der Waals surface area contributed by atoms with Gasteiger partial charge in [-0.05, 0) is 44.9 Å². The lowest BCUT2D eigenvalue weighted by atomic mass is 10.1. The summed E-state index contributed by atoms with van der Waals surface area (Å²) < 4.78 is 11.2. The first-order valence-corrected chi connectivity index (χ1v) is 7.99. The molecule has 0 aliphatic carbocycles. The number of unbranched alkanes of at least 4 members (excludes halogenated alkanes) is 2. The minimum Gasteiger partial charge on any atom is -0.493 e. The summed E-state index contributed by atoms with van der Waals surface area (Å²) in [5.74, 6) is 1.35. The van der Waals surface area contributed by atoms with Gasteiger partial charge in [0.25, 0.3) is 0 Å². The number of benzene rings is 1. The van der Waals surface area contributed by atoms with Gasteiger partial charge in [-0.15, -0.1) is 0 Å². The second-order valence-corrected chi connectivity index (χ2v) is 6.68. The van der Waals surface area contributed by atoms with E-state index in [0.29, 0.717) is 23.1 Å². The second kappa shape index (κ2) is 8.50. The molecule has 1 aromatic carbocycles. The van der Waals surface area contributed by atoms with E-state index in [2.05, 4.69) is 33.0 Å². The molecular weight excluding hydrogens is 286 g/mol. The number of hydrogen-bond acceptors (Lipinski definition) is 3. The average Bonchev–Trinajstić information content (AvgIpc) is 2.41. The van der Waals surface area contributed by atoms with Crippen LogP contribution in [0.1, 0.15) is 52.5 Å². The highest BCUT2D eigenvalue weighted by molar-refractivity contribution is 6.32. The van der Waals surface area contributed by atoms with Crippen molar-refractivity contribution in [1.82, 2.24) is 5.32 Å². The predicted octanol–water partition coefficient (Wildman–Crippen LogP) is 4.81. The fourth-order valence-corrected chi connectivity index (χ4v) is 2.20. The van der Waals surface area contributed by atoms with Gasteiger partial charge in [0.2, 0.25) is 0 Å². The van der Waals surface area contributed by atoms with Crippen molar-refractivity contribution in [1.29, 1.82) is 0 Å². The van der Waals surface area contributed by atoms with E-state index in [9.17, 15) is 0 Å². The molecular formula is C17H28ClNO2.